The molecule has 4 nitrogen and oxygen atoms in total. The van der Waals surface area contributed by atoms with Crippen LogP contribution in [-0.2, 0) is 12.8 Å². The van der Waals surface area contributed by atoms with Crippen molar-refractivity contribution in [1.29, 1.82) is 0 Å². The van der Waals surface area contributed by atoms with Crippen LogP contribution in [0.1, 0.15) is 24.0 Å². The first-order valence-electron chi connectivity index (χ1n) is 16.5. The van der Waals surface area contributed by atoms with E-state index in [0.717, 1.165) is 17.9 Å². The number of ether oxygens (including phenoxy) is 1. The molecule has 0 saturated heterocycles. The van der Waals surface area contributed by atoms with E-state index in [-0.39, 0.29) is 6.71 Å². The van der Waals surface area contributed by atoms with Gasteiger partial charge in [-0.25, -0.2) is 0 Å². The molecule has 0 fully saturated rings. The molecule has 4 aliphatic rings. The Hall–Kier alpha value is -5.42. The fourth-order valence-corrected chi connectivity index (χ4v) is 9.14. The van der Waals surface area contributed by atoms with Gasteiger partial charge in [-0.2, -0.15) is 0 Å². The minimum Gasteiger partial charge on any atom is -0.497 e. The number of methoxy groups -OCH3 is 1. The molecule has 3 aliphatic heterocycles. The Kier molecular flexibility index (Phi) is 4.78. The van der Waals surface area contributed by atoms with Gasteiger partial charge in [0.1, 0.15) is 5.75 Å². The standard InChI is InChI=1S/C41H30BN3O/c1-46-29-21-19-28(20-22-29)43-33-16-9-17-34-36(33)42-37-35(43)24-26-11-6-8-15-31(26)39(37)44(27-12-3-2-4-13-27)40-32-23-18-25-10-5-7-14-30(25)38(32)45(34)41(40)42/h2-4,6,8-9,11-13,15-24H,5,7,10,14H2,1H3. The summed E-state index contributed by atoms with van der Waals surface area (Å²) in [4.78, 5) is 5.10. The van der Waals surface area contributed by atoms with Crippen LogP contribution in [-0.4, -0.2) is 18.4 Å². The molecule has 7 aromatic rings. The first-order chi connectivity index (χ1) is 22.8. The lowest BCUT2D eigenvalue weighted by Gasteiger charge is -2.42. The largest absolute Gasteiger partial charge is 0.497 e. The highest BCUT2D eigenvalue weighted by atomic mass is 16.5. The highest BCUT2D eigenvalue weighted by Gasteiger charge is 2.51. The Morgan fingerprint density at radius 2 is 1.39 bits per heavy atom. The van der Waals surface area contributed by atoms with Gasteiger partial charge in [-0.1, -0.05) is 60.7 Å². The fourth-order valence-electron chi connectivity index (χ4n) is 9.14. The second-order valence-corrected chi connectivity index (χ2v) is 13.1. The summed E-state index contributed by atoms with van der Waals surface area (Å²) >= 11 is 0. The molecule has 0 saturated carbocycles. The smallest absolute Gasteiger partial charge is 0.275 e. The highest BCUT2D eigenvalue weighted by Crippen LogP contribution is 2.52. The topological polar surface area (TPSA) is 20.6 Å². The highest BCUT2D eigenvalue weighted by molar-refractivity contribution is 7.02. The lowest BCUT2D eigenvalue weighted by Crippen LogP contribution is -2.59. The molecule has 5 heteroatoms. The first kappa shape index (κ1) is 24.9. The number of hydrogen-bond donors (Lipinski definition) is 0. The summed E-state index contributed by atoms with van der Waals surface area (Å²) in [5, 5.41) is 3.91. The Morgan fingerprint density at radius 3 is 2.26 bits per heavy atom. The molecule has 6 aromatic carbocycles. The number of aromatic nitrogens is 1. The molecule has 0 amide bonds. The zero-order valence-corrected chi connectivity index (χ0v) is 25.6. The molecule has 1 aromatic heterocycles. The monoisotopic (exact) mass is 591 g/mol. The predicted molar refractivity (Wildman–Crippen MR) is 192 cm³/mol. The van der Waals surface area contributed by atoms with Gasteiger partial charge in [-0.3, -0.25) is 0 Å². The average molecular weight is 592 g/mol. The van der Waals surface area contributed by atoms with Gasteiger partial charge in [0.05, 0.1) is 24.0 Å². The molecule has 1 aliphatic carbocycles. The van der Waals surface area contributed by atoms with E-state index >= 15 is 0 Å². The second kappa shape index (κ2) is 8.85. The van der Waals surface area contributed by atoms with Crippen LogP contribution in [0.25, 0.3) is 27.4 Å². The molecule has 0 bridgehead atoms. The Morgan fingerprint density at radius 1 is 0.609 bits per heavy atom. The van der Waals surface area contributed by atoms with E-state index in [1.807, 2.05) is 0 Å². The average Bonchev–Trinajstić information content (AvgIpc) is 3.65. The van der Waals surface area contributed by atoms with E-state index < -0.39 is 0 Å². The van der Waals surface area contributed by atoms with E-state index in [2.05, 4.69) is 130 Å². The number of anilines is 6. The van der Waals surface area contributed by atoms with Crippen molar-refractivity contribution in [3.8, 4) is 11.4 Å². The lowest BCUT2D eigenvalue weighted by molar-refractivity contribution is 0.415. The van der Waals surface area contributed by atoms with Crippen LogP contribution in [0.2, 0.25) is 0 Å². The normalized spacial score (nSPS) is 15.0. The van der Waals surface area contributed by atoms with Crippen molar-refractivity contribution in [3.63, 3.8) is 0 Å². The zero-order valence-electron chi connectivity index (χ0n) is 25.6. The maximum absolute atomic E-state index is 5.58. The van der Waals surface area contributed by atoms with Gasteiger partial charge in [0.15, 0.2) is 0 Å². The van der Waals surface area contributed by atoms with E-state index in [1.165, 1.54) is 97.1 Å². The summed E-state index contributed by atoms with van der Waals surface area (Å²) in [7, 11) is 1.73. The molecule has 4 heterocycles. The predicted octanol–water partition coefficient (Wildman–Crippen LogP) is 8.07. The minimum absolute atomic E-state index is 0.150. The summed E-state index contributed by atoms with van der Waals surface area (Å²) in [6.07, 6.45) is 4.83. The molecule has 0 radical (unpaired) electrons. The second-order valence-electron chi connectivity index (χ2n) is 13.1. The number of aryl methyl sites for hydroxylation is 2. The number of rotatable bonds is 3. The van der Waals surface area contributed by atoms with Crippen molar-refractivity contribution in [3.05, 3.63) is 126 Å². The lowest BCUT2D eigenvalue weighted by atomic mass is 9.36. The summed E-state index contributed by atoms with van der Waals surface area (Å²) in [6.45, 7) is 0.150. The van der Waals surface area contributed by atoms with Crippen LogP contribution in [0.15, 0.2) is 115 Å². The number of nitrogens with zero attached hydrogens (tertiary/aromatic N) is 3. The zero-order chi connectivity index (χ0) is 30.1. The maximum Gasteiger partial charge on any atom is 0.275 e. The molecule has 0 spiro atoms. The number of para-hydroxylation sites is 1. The molecular weight excluding hydrogens is 561 g/mol. The molecule has 11 rings (SSSR count). The van der Waals surface area contributed by atoms with Crippen LogP contribution in [0, 0.1) is 0 Å². The third kappa shape index (κ3) is 2.96. The molecule has 0 atom stereocenters. The van der Waals surface area contributed by atoms with Gasteiger partial charge in [0.25, 0.3) is 6.71 Å². The van der Waals surface area contributed by atoms with E-state index in [0.29, 0.717) is 0 Å². The minimum atomic E-state index is 0.150. The van der Waals surface area contributed by atoms with Crippen LogP contribution in [0.3, 0.4) is 0 Å². The van der Waals surface area contributed by atoms with E-state index in [4.69, 9.17) is 4.74 Å². The van der Waals surface area contributed by atoms with Gasteiger partial charge in [-0.15, -0.1) is 0 Å². The quantitative estimate of drug-likeness (QED) is 0.194. The molecular formula is C41H30BN3O. The SMILES string of the molecule is COc1ccc(N2c3cccc4c3B3c5c2cc2ccccc2c5N(c2ccccc2)c2c3n-4c3c4c(ccc23)CCCC4)cc1. The van der Waals surface area contributed by atoms with E-state index in [1.54, 1.807) is 12.7 Å². The molecule has 46 heavy (non-hydrogen) atoms. The number of benzene rings is 6. The maximum atomic E-state index is 5.58. The summed E-state index contributed by atoms with van der Waals surface area (Å²) in [5.41, 5.74) is 17.5. The van der Waals surface area contributed by atoms with Crippen LogP contribution >= 0.6 is 0 Å². The third-order valence-corrected chi connectivity index (χ3v) is 10.9. The number of fused-ring (bicyclic) bond motifs is 8. The van der Waals surface area contributed by atoms with E-state index in [9.17, 15) is 0 Å². The van der Waals surface area contributed by atoms with Crippen LogP contribution < -0.4 is 31.1 Å². The first-order valence-corrected chi connectivity index (χ1v) is 16.5. The molecule has 218 valence electrons. The van der Waals surface area contributed by atoms with Crippen LogP contribution in [0.5, 0.6) is 5.75 Å². The van der Waals surface area contributed by atoms with Crippen molar-refractivity contribution in [2.24, 2.45) is 0 Å². The Labute approximate surface area is 268 Å². The van der Waals surface area contributed by atoms with Crippen molar-refractivity contribution in [2.45, 2.75) is 25.7 Å². The fraction of sp³-hybridized carbons (Fsp3) is 0.122. The van der Waals surface area contributed by atoms with Crippen molar-refractivity contribution in [2.75, 3.05) is 16.9 Å². The van der Waals surface area contributed by atoms with Gasteiger partial charge in [0, 0.05) is 44.8 Å². The third-order valence-electron chi connectivity index (χ3n) is 10.9. The molecule has 0 N–H and O–H groups in total. The molecule has 0 unspecified atom stereocenters. The summed E-state index contributed by atoms with van der Waals surface area (Å²) < 4.78 is 8.25. The van der Waals surface area contributed by atoms with Crippen molar-refractivity contribution in [1.82, 2.24) is 4.57 Å². The summed E-state index contributed by atoms with van der Waals surface area (Å²) in [5.74, 6) is 0.865. The van der Waals surface area contributed by atoms with Crippen LogP contribution in [0.4, 0.5) is 34.1 Å². The number of hydrogen-bond acceptors (Lipinski definition) is 3. The Bertz CT molecular complexity index is 2430. The van der Waals surface area contributed by atoms with Crippen molar-refractivity contribution < 1.29 is 4.74 Å². The summed E-state index contributed by atoms with van der Waals surface area (Å²) in [6, 6.07) is 42.8. The van der Waals surface area contributed by atoms with Crippen molar-refractivity contribution >= 4 is 79.0 Å². The Balaban J connectivity index is 1.36. The van der Waals surface area contributed by atoms with Gasteiger partial charge >= 0.3 is 0 Å². The van der Waals surface area contributed by atoms with Gasteiger partial charge < -0.3 is 19.1 Å². The van der Waals surface area contributed by atoms with Gasteiger partial charge in [0.2, 0.25) is 0 Å². The van der Waals surface area contributed by atoms with Gasteiger partial charge in [-0.05, 0) is 108 Å².